The largest absolute Gasteiger partial charge is 0.367 e. The van der Waals surface area contributed by atoms with E-state index in [1.54, 1.807) is 6.07 Å². The molecule has 0 bridgehead atoms. The van der Waals surface area contributed by atoms with Crippen molar-refractivity contribution >= 4 is 17.4 Å². The molecule has 1 heterocycles. The first-order valence-electron chi connectivity index (χ1n) is 5.62. The van der Waals surface area contributed by atoms with Crippen molar-refractivity contribution in [2.45, 2.75) is 38.1 Å². The van der Waals surface area contributed by atoms with Gasteiger partial charge in [-0.1, -0.05) is 30.9 Å². The molecule has 0 spiro atoms. The molecule has 0 saturated heterocycles. The number of nitrogens with one attached hydrogen (secondary N) is 1. The lowest BCUT2D eigenvalue weighted by Gasteiger charge is -2.23. The van der Waals surface area contributed by atoms with Crippen molar-refractivity contribution in [2.24, 2.45) is 0 Å². The third kappa shape index (κ3) is 2.65. The second-order valence-electron chi connectivity index (χ2n) is 4.14. The Kier molecular flexibility index (Phi) is 3.63. The van der Waals surface area contributed by atoms with Gasteiger partial charge in [0.25, 0.3) is 0 Å². The molecule has 1 N–H and O–H groups in total. The molecule has 2 rings (SSSR count). The molecule has 0 aliphatic heterocycles. The van der Waals surface area contributed by atoms with Crippen LogP contribution in [-0.2, 0) is 0 Å². The van der Waals surface area contributed by atoms with E-state index in [1.165, 1.54) is 38.3 Å². The number of anilines is 1. The minimum absolute atomic E-state index is 0.427. The molecule has 1 saturated carbocycles. The summed E-state index contributed by atoms with van der Waals surface area (Å²) >= 11 is 5.94. The maximum Gasteiger partial charge on any atom is 0.127 e. The van der Waals surface area contributed by atoms with Gasteiger partial charge in [-0.25, -0.2) is 4.98 Å². The lowest BCUT2D eigenvalue weighted by molar-refractivity contribution is 0.462. The van der Waals surface area contributed by atoms with Crippen LogP contribution in [0.1, 0.15) is 37.7 Å². The molecular weight excluding hydrogens is 222 g/mol. The second kappa shape index (κ2) is 5.18. The van der Waals surface area contributed by atoms with Gasteiger partial charge in [-0.05, 0) is 12.8 Å². The molecule has 0 unspecified atom stereocenters. The van der Waals surface area contributed by atoms with E-state index in [0.29, 0.717) is 16.6 Å². The van der Waals surface area contributed by atoms with Gasteiger partial charge in [0.05, 0.1) is 10.6 Å². The summed E-state index contributed by atoms with van der Waals surface area (Å²) in [5.41, 5.74) is 0.427. The molecule has 16 heavy (non-hydrogen) atoms. The zero-order valence-electron chi connectivity index (χ0n) is 9.04. The zero-order chi connectivity index (χ0) is 11.4. The molecule has 1 fully saturated rings. The maximum absolute atomic E-state index is 8.74. The number of rotatable bonds is 2. The zero-order valence-corrected chi connectivity index (χ0v) is 9.80. The SMILES string of the molecule is N#Cc1cnc(NC2CCCCC2)cc1Cl. The fourth-order valence-electron chi connectivity index (χ4n) is 2.05. The first-order valence-corrected chi connectivity index (χ1v) is 5.99. The van der Waals surface area contributed by atoms with E-state index in [0.717, 1.165) is 5.82 Å². The van der Waals surface area contributed by atoms with Crippen molar-refractivity contribution in [1.29, 1.82) is 5.26 Å². The van der Waals surface area contributed by atoms with Crippen molar-refractivity contribution in [3.63, 3.8) is 0 Å². The minimum Gasteiger partial charge on any atom is -0.367 e. The number of aromatic nitrogens is 1. The Balaban J connectivity index is 2.04. The van der Waals surface area contributed by atoms with E-state index in [9.17, 15) is 0 Å². The smallest absolute Gasteiger partial charge is 0.127 e. The van der Waals surface area contributed by atoms with Crippen LogP contribution in [0.3, 0.4) is 0 Å². The van der Waals surface area contributed by atoms with Gasteiger partial charge >= 0.3 is 0 Å². The van der Waals surface area contributed by atoms with Crippen LogP contribution in [0.4, 0.5) is 5.82 Å². The number of hydrogen-bond acceptors (Lipinski definition) is 3. The van der Waals surface area contributed by atoms with Gasteiger partial charge in [0.2, 0.25) is 0 Å². The normalized spacial score (nSPS) is 16.8. The van der Waals surface area contributed by atoms with Crippen LogP contribution >= 0.6 is 11.6 Å². The van der Waals surface area contributed by atoms with E-state index >= 15 is 0 Å². The van der Waals surface area contributed by atoms with Crippen molar-refractivity contribution in [2.75, 3.05) is 5.32 Å². The van der Waals surface area contributed by atoms with Gasteiger partial charge in [-0.15, -0.1) is 0 Å². The minimum atomic E-state index is 0.427. The quantitative estimate of drug-likeness (QED) is 0.855. The van der Waals surface area contributed by atoms with Gasteiger partial charge in [0.15, 0.2) is 0 Å². The molecule has 3 nitrogen and oxygen atoms in total. The monoisotopic (exact) mass is 235 g/mol. The summed E-state index contributed by atoms with van der Waals surface area (Å²) in [4.78, 5) is 4.19. The Labute approximate surface area is 100 Å². The molecule has 4 heteroatoms. The van der Waals surface area contributed by atoms with Crippen molar-refractivity contribution in [3.8, 4) is 6.07 Å². The molecule has 0 aromatic carbocycles. The highest BCUT2D eigenvalue weighted by Crippen LogP contribution is 2.23. The van der Waals surface area contributed by atoms with Gasteiger partial charge in [0, 0.05) is 18.3 Å². The van der Waals surface area contributed by atoms with Crippen molar-refractivity contribution in [1.82, 2.24) is 4.98 Å². The predicted molar refractivity (Wildman–Crippen MR) is 64.5 cm³/mol. The molecule has 0 radical (unpaired) electrons. The van der Waals surface area contributed by atoms with E-state index in [1.807, 2.05) is 6.07 Å². The lowest BCUT2D eigenvalue weighted by atomic mass is 9.95. The average Bonchev–Trinajstić information content (AvgIpc) is 2.31. The summed E-state index contributed by atoms with van der Waals surface area (Å²) in [6, 6.07) is 4.24. The summed E-state index contributed by atoms with van der Waals surface area (Å²) in [6.45, 7) is 0. The molecule has 1 aromatic heterocycles. The predicted octanol–water partition coefficient (Wildman–Crippen LogP) is 3.35. The maximum atomic E-state index is 8.74. The fraction of sp³-hybridized carbons (Fsp3) is 0.500. The molecular formula is C12H14ClN3. The number of pyridine rings is 1. The lowest BCUT2D eigenvalue weighted by Crippen LogP contribution is -2.22. The molecule has 0 atom stereocenters. The van der Waals surface area contributed by atoms with E-state index < -0.39 is 0 Å². The summed E-state index contributed by atoms with van der Waals surface area (Å²) in [7, 11) is 0. The van der Waals surface area contributed by atoms with Gasteiger partial charge < -0.3 is 5.32 Å². The van der Waals surface area contributed by atoms with Gasteiger partial charge in [-0.2, -0.15) is 5.26 Å². The van der Waals surface area contributed by atoms with Crippen LogP contribution in [0, 0.1) is 11.3 Å². The van der Waals surface area contributed by atoms with Gasteiger partial charge in [-0.3, -0.25) is 0 Å². The molecule has 1 aromatic rings. The van der Waals surface area contributed by atoms with Crippen molar-refractivity contribution in [3.05, 3.63) is 22.8 Å². The molecule has 1 aliphatic carbocycles. The van der Waals surface area contributed by atoms with Crippen molar-refractivity contribution < 1.29 is 0 Å². The Hall–Kier alpha value is -1.27. The fourth-order valence-corrected chi connectivity index (χ4v) is 2.24. The Morgan fingerprint density at radius 3 is 2.75 bits per heavy atom. The Morgan fingerprint density at radius 1 is 1.38 bits per heavy atom. The summed E-state index contributed by atoms with van der Waals surface area (Å²) in [5, 5.41) is 12.6. The van der Waals surface area contributed by atoms with Crippen LogP contribution in [0.2, 0.25) is 5.02 Å². The average molecular weight is 236 g/mol. The topological polar surface area (TPSA) is 48.7 Å². The van der Waals surface area contributed by atoms with E-state index in [2.05, 4.69) is 10.3 Å². The van der Waals surface area contributed by atoms with Crippen LogP contribution in [0.5, 0.6) is 0 Å². The highest BCUT2D eigenvalue weighted by molar-refractivity contribution is 6.31. The third-order valence-corrected chi connectivity index (χ3v) is 3.24. The van der Waals surface area contributed by atoms with E-state index in [4.69, 9.17) is 16.9 Å². The number of hydrogen-bond donors (Lipinski definition) is 1. The number of nitrogens with zero attached hydrogens (tertiary/aromatic N) is 2. The first-order chi connectivity index (χ1) is 7.79. The standard InChI is InChI=1S/C12H14ClN3/c13-11-6-12(15-8-9(11)7-14)16-10-4-2-1-3-5-10/h6,8,10H,1-5H2,(H,15,16). The first kappa shape index (κ1) is 11.2. The third-order valence-electron chi connectivity index (χ3n) is 2.93. The van der Waals surface area contributed by atoms with Crippen LogP contribution in [0.25, 0.3) is 0 Å². The van der Waals surface area contributed by atoms with E-state index in [-0.39, 0.29) is 0 Å². The summed E-state index contributed by atoms with van der Waals surface area (Å²) in [6.07, 6.45) is 7.80. The molecule has 1 aliphatic rings. The Morgan fingerprint density at radius 2 is 2.12 bits per heavy atom. The second-order valence-corrected chi connectivity index (χ2v) is 4.55. The van der Waals surface area contributed by atoms with Crippen LogP contribution in [-0.4, -0.2) is 11.0 Å². The molecule has 84 valence electrons. The van der Waals surface area contributed by atoms with Gasteiger partial charge in [0.1, 0.15) is 11.9 Å². The van der Waals surface area contributed by atoms with Crippen LogP contribution in [0.15, 0.2) is 12.3 Å². The number of halogens is 1. The summed E-state index contributed by atoms with van der Waals surface area (Å²) in [5.74, 6) is 0.774. The van der Waals surface area contributed by atoms with Crippen LogP contribution < -0.4 is 5.32 Å². The highest BCUT2D eigenvalue weighted by atomic mass is 35.5. The Bertz CT molecular complexity index is 405. The molecule has 0 amide bonds. The number of nitriles is 1. The summed E-state index contributed by atoms with van der Waals surface area (Å²) < 4.78 is 0. The highest BCUT2D eigenvalue weighted by Gasteiger charge is 2.13.